The first-order chi connectivity index (χ1) is 16.9. The number of rotatable bonds is 14. The molecule has 1 heterocycles. The van der Waals surface area contributed by atoms with Gasteiger partial charge < -0.3 is 10.6 Å². The third kappa shape index (κ3) is 7.07. The van der Waals surface area contributed by atoms with E-state index in [0.29, 0.717) is 12.0 Å². The summed E-state index contributed by atoms with van der Waals surface area (Å²) in [5.41, 5.74) is 2.13. The maximum absolute atomic E-state index is 13.5. The Labute approximate surface area is 211 Å². The number of nitrogens with one attached hydrogen (secondary N) is 2. The molecule has 35 heavy (non-hydrogen) atoms. The van der Waals surface area contributed by atoms with Gasteiger partial charge in [0.2, 0.25) is 0 Å². The van der Waals surface area contributed by atoms with Gasteiger partial charge in [-0.15, -0.1) is 0 Å². The number of amides is 1. The molecule has 0 aliphatic carbocycles. The standard InChI is InChI=1S/C28H41N3O3S/c1-4-6-18-29-19-11-7-8-15-25(5-2)30-28(32)24-14-12-16-26(21-24)35(33,34)31-22(3)20-23-13-9-10-17-27(23)31/h9-10,12-14,16-17,21-22,25,29H,4-8,11,15,18-20H2,1-3H3,(H,30,32). The normalized spacial score (nSPS) is 16.2. The lowest BCUT2D eigenvalue weighted by Gasteiger charge is -2.24. The second-order valence-electron chi connectivity index (χ2n) is 9.54. The molecular weight excluding hydrogens is 458 g/mol. The van der Waals surface area contributed by atoms with Crippen LogP contribution in [0.15, 0.2) is 53.4 Å². The minimum atomic E-state index is -3.77. The number of nitrogens with zero attached hydrogens (tertiary/aromatic N) is 1. The molecule has 0 saturated heterocycles. The Kier molecular flexibility index (Phi) is 10.2. The molecule has 0 spiro atoms. The van der Waals surface area contributed by atoms with Crippen LogP contribution in [-0.4, -0.2) is 39.5 Å². The number of carbonyl (C=O) groups is 1. The Hall–Kier alpha value is -2.38. The largest absolute Gasteiger partial charge is 0.349 e. The van der Waals surface area contributed by atoms with E-state index in [9.17, 15) is 13.2 Å². The molecule has 0 aromatic heterocycles. The van der Waals surface area contributed by atoms with Crippen molar-refractivity contribution in [2.45, 2.75) is 89.1 Å². The van der Waals surface area contributed by atoms with Crippen LogP contribution in [-0.2, 0) is 16.4 Å². The highest BCUT2D eigenvalue weighted by Crippen LogP contribution is 2.36. The molecule has 2 N–H and O–H groups in total. The van der Waals surface area contributed by atoms with Gasteiger partial charge in [-0.25, -0.2) is 8.42 Å². The average Bonchev–Trinajstić information content (AvgIpc) is 3.21. The maximum atomic E-state index is 13.5. The third-order valence-electron chi connectivity index (χ3n) is 6.74. The van der Waals surface area contributed by atoms with Crippen molar-refractivity contribution in [3.05, 3.63) is 59.7 Å². The lowest BCUT2D eigenvalue weighted by atomic mass is 10.1. The van der Waals surface area contributed by atoms with Crippen LogP contribution in [0.5, 0.6) is 0 Å². The minimum absolute atomic E-state index is 0.0845. The fraction of sp³-hybridized carbons (Fsp3) is 0.536. The smallest absolute Gasteiger partial charge is 0.264 e. The summed E-state index contributed by atoms with van der Waals surface area (Å²) in [7, 11) is -3.77. The van der Waals surface area contributed by atoms with Crippen LogP contribution in [0.1, 0.15) is 81.6 Å². The SMILES string of the molecule is CCCCNCCCCCC(CC)NC(=O)c1cccc(S(=O)(=O)N2c3ccccc3CC2C)c1. The number of benzene rings is 2. The van der Waals surface area contributed by atoms with Crippen LogP contribution in [0.25, 0.3) is 0 Å². The van der Waals surface area contributed by atoms with Gasteiger partial charge in [0, 0.05) is 17.6 Å². The van der Waals surface area contributed by atoms with Crippen molar-refractivity contribution < 1.29 is 13.2 Å². The molecule has 7 heteroatoms. The Balaban J connectivity index is 1.59. The Morgan fingerprint density at radius 2 is 1.80 bits per heavy atom. The van der Waals surface area contributed by atoms with Gasteiger partial charge in [0.15, 0.2) is 0 Å². The number of anilines is 1. The maximum Gasteiger partial charge on any atom is 0.264 e. The Morgan fingerprint density at radius 1 is 1.03 bits per heavy atom. The molecule has 1 amide bonds. The van der Waals surface area contributed by atoms with E-state index in [4.69, 9.17) is 0 Å². The topological polar surface area (TPSA) is 78.5 Å². The Bertz CT molecular complexity index is 1070. The molecule has 2 unspecified atom stereocenters. The molecule has 3 rings (SSSR count). The molecule has 0 saturated carbocycles. The summed E-state index contributed by atoms with van der Waals surface area (Å²) in [5.74, 6) is -0.218. The average molecular weight is 500 g/mol. The number of carbonyl (C=O) groups excluding carboxylic acids is 1. The summed E-state index contributed by atoms with van der Waals surface area (Å²) < 4.78 is 28.6. The first-order valence-electron chi connectivity index (χ1n) is 13.1. The molecule has 2 atom stereocenters. The molecule has 0 fully saturated rings. The summed E-state index contributed by atoms with van der Waals surface area (Å²) in [6, 6.07) is 13.9. The summed E-state index contributed by atoms with van der Waals surface area (Å²) in [4.78, 5) is 13.1. The first-order valence-corrected chi connectivity index (χ1v) is 14.6. The van der Waals surface area contributed by atoms with E-state index in [2.05, 4.69) is 24.5 Å². The third-order valence-corrected chi connectivity index (χ3v) is 8.66. The zero-order chi connectivity index (χ0) is 25.3. The quantitative estimate of drug-likeness (QED) is 0.347. The summed E-state index contributed by atoms with van der Waals surface area (Å²) >= 11 is 0. The van der Waals surface area contributed by atoms with E-state index in [1.165, 1.54) is 23.2 Å². The van der Waals surface area contributed by atoms with Crippen molar-refractivity contribution in [3.8, 4) is 0 Å². The minimum Gasteiger partial charge on any atom is -0.349 e. The summed E-state index contributed by atoms with van der Waals surface area (Å²) in [6.45, 7) is 8.32. The van der Waals surface area contributed by atoms with Crippen molar-refractivity contribution in [1.82, 2.24) is 10.6 Å². The van der Waals surface area contributed by atoms with Crippen molar-refractivity contribution >= 4 is 21.6 Å². The summed E-state index contributed by atoms with van der Waals surface area (Å²) in [6.07, 6.45) is 8.23. The highest BCUT2D eigenvalue weighted by atomic mass is 32.2. The molecule has 6 nitrogen and oxygen atoms in total. The van der Waals surface area contributed by atoms with Crippen LogP contribution in [0.4, 0.5) is 5.69 Å². The molecule has 1 aliphatic rings. The fourth-order valence-corrected chi connectivity index (χ4v) is 6.45. The van der Waals surface area contributed by atoms with E-state index >= 15 is 0 Å². The zero-order valence-corrected chi connectivity index (χ0v) is 22.2. The van der Waals surface area contributed by atoms with Crippen LogP contribution in [0.2, 0.25) is 0 Å². The van der Waals surface area contributed by atoms with Gasteiger partial charge in [-0.2, -0.15) is 0 Å². The van der Waals surface area contributed by atoms with Gasteiger partial charge in [0.25, 0.3) is 15.9 Å². The van der Waals surface area contributed by atoms with Crippen molar-refractivity contribution in [1.29, 1.82) is 0 Å². The molecule has 1 aliphatic heterocycles. The van der Waals surface area contributed by atoms with Gasteiger partial charge in [-0.3, -0.25) is 9.10 Å². The van der Waals surface area contributed by atoms with Gasteiger partial charge in [0.1, 0.15) is 0 Å². The van der Waals surface area contributed by atoms with Gasteiger partial charge in [-0.05, 0) is 81.9 Å². The van der Waals surface area contributed by atoms with Crippen LogP contribution in [0, 0.1) is 0 Å². The van der Waals surface area contributed by atoms with Crippen molar-refractivity contribution in [3.63, 3.8) is 0 Å². The highest BCUT2D eigenvalue weighted by Gasteiger charge is 2.36. The van der Waals surface area contributed by atoms with Crippen LogP contribution in [0.3, 0.4) is 0 Å². The first kappa shape index (κ1) is 27.2. The number of hydrogen-bond donors (Lipinski definition) is 2. The van der Waals surface area contributed by atoms with Gasteiger partial charge in [0.05, 0.1) is 10.6 Å². The molecule has 2 aromatic carbocycles. The van der Waals surface area contributed by atoms with E-state index in [1.807, 2.05) is 31.2 Å². The number of unbranched alkanes of at least 4 members (excludes halogenated alkanes) is 3. The van der Waals surface area contributed by atoms with Gasteiger partial charge >= 0.3 is 0 Å². The molecular formula is C28H41N3O3S. The molecule has 0 radical (unpaired) electrons. The molecule has 0 bridgehead atoms. The summed E-state index contributed by atoms with van der Waals surface area (Å²) in [5, 5.41) is 6.58. The predicted octanol–water partition coefficient (Wildman–Crippen LogP) is 5.29. The molecule has 2 aromatic rings. The predicted molar refractivity (Wildman–Crippen MR) is 144 cm³/mol. The van der Waals surface area contributed by atoms with E-state index in [1.54, 1.807) is 18.2 Å². The Morgan fingerprint density at radius 3 is 2.57 bits per heavy atom. The van der Waals surface area contributed by atoms with E-state index in [-0.39, 0.29) is 22.9 Å². The lowest BCUT2D eigenvalue weighted by molar-refractivity contribution is 0.0933. The van der Waals surface area contributed by atoms with E-state index < -0.39 is 10.0 Å². The molecule has 192 valence electrons. The number of hydrogen-bond acceptors (Lipinski definition) is 4. The fourth-order valence-electron chi connectivity index (χ4n) is 4.71. The van der Waals surface area contributed by atoms with Crippen molar-refractivity contribution in [2.24, 2.45) is 0 Å². The van der Waals surface area contributed by atoms with Crippen molar-refractivity contribution in [2.75, 3.05) is 17.4 Å². The van der Waals surface area contributed by atoms with Crippen LogP contribution < -0.4 is 14.9 Å². The van der Waals surface area contributed by atoms with Gasteiger partial charge in [-0.1, -0.05) is 57.4 Å². The second-order valence-corrected chi connectivity index (χ2v) is 11.4. The number of sulfonamides is 1. The lowest BCUT2D eigenvalue weighted by Crippen LogP contribution is -2.36. The van der Waals surface area contributed by atoms with E-state index in [0.717, 1.165) is 56.4 Å². The second kappa shape index (κ2) is 13.1. The zero-order valence-electron chi connectivity index (χ0n) is 21.4. The number of para-hydroxylation sites is 1. The monoisotopic (exact) mass is 499 g/mol. The highest BCUT2D eigenvalue weighted by molar-refractivity contribution is 7.92. The number of fused-ring (bicyclic) bond motifs is 1. The van der Waals surface area contributed by atoms with Crippen LogP contribution >= 0.6 is 0 Å².